The van der Waals surface area contributed by atoms with E-state index in [2.05, 4.69) is 26.1 Å². The first kappa shape index (κ1) is 9.92. The summed E-state index contributed by atoms with van der Waals surface area (Å²) in [6.07, 6.45) is 0.858. The van der Waals surface area contributed by atoms with Crippen LogP contribution < -0.4 is 5.32 Å². The molecule has 0 heterocycles. The van der Waals surface area contributed by atoms with E-state index in [1.165, 1.54) is 0 Å². The Morgan fingerprint density at radius 2 is 1.90 bits per heavy atom. The highest BCUT2D eigenvalue weighted by molar-refractivity contribution is 4.63. The van der Waals surface area contributed by atoms with Gasteiger partial charge in [-0.05, 0) is 25.8 Å². The molecule has 2 N–H and O–H groups in total. The number of rotatable bonds is 5. The van der Waals surface area contributed by atoms with E-state index in [1.54, 1.807) is 0 Å². The molecule has 0 aromatic heterocycles. The maximum atomic E-state index is 8.48. The van der Waals surface area contributed by atoms with Crippen LogP contribution in [0, 0.1) is 5.92 Å². The van der Waals surface area contributed by atoms with Gasteiger partial charge >= 0.3 is 0 Å². The van der Waals surface area contributed by atoms with Gasteiger partial charge in [0, 0.05) is 12.6 Å². The summed E-state index contributed by atoms with van der Waals surface area (Å²) in [6, 6.07) is 0.562. The third-order valence-electron chi connectivity index (χ3n) is 1.80. The third-order valence-corrected chi connectivity index (χ3v) is 1.80. The molecule has 0 aliphatic heterocycles. The van der Waals surface area contributed by atoms with E-state index < -0.39 is 0 Å². The van der Waals surface area contributed by atoms with E-state index >= 15 is 0 Å². The fourth-order valence-electron chi connectivity index (χ4n) is 0.644. The van der Waals surface area contributed by atoms with Gasteiger partial charge in [0.1, 0.15) is 0 Å². The summed E-state index contributed by atoms with van der Waals surface area (Å²) in [7, 11) is 0. The molecule has 0 bridgehead atoms. The average Bonchev–Trinajstić information content (AvgIpc) is 1.88. The number of hydrogen-bond donors (Lipinski definition) is 2. The molecule has 1 atom stereocenters. The van der Waals surface area contributed by atoms with Crippen molar-refractivity contribution in [3.63, 3.8) is 0 Å². The Bertz CT molecular complexity index is 73.7. The molecule has 0 saturated heterocycles. The topological polar surface area (TPSA) is 32.3 Å². The highest BCUT2D eigenvalue weighted by Crippen LogP contribution is 1.98. The molecule has 62 valence electrons. The van der Waals surface area contributed by atoms with Crippen molar-refractivity contribution in [2.75, 3.05) is 13.2 Å². The lowest BCUT2D eigenvalue weighted by atomic mass is 10.1. The van der Waals surface area contributed by atoms with Crippen molar-refractivity contribution in [1.29, 1.82) is 0 Å². The predicted molar refractivity (Wildman–Crippen MR) is 44.0 cm³/mol. The Labute approximate surface area is 63.6 Å². The fraction of sp³-hybridized carbons (Fsp3) is 1.00. The molecular weight excluding hydrogens is 126 g/mol. The van der Waals surface area contributed by atoms with Crippen LogP contribution in [0.4, 0.5) is 0 Å². The lowest BCUT2D eigenvalue weighted by Gasteiger charge is -2.16. The Kier molecular flexibility index (Phi) is 5.64. The van der Waals surface area contributed by atoms with Crippen LogP contribution in [0.15, 0.2) is 0 Å². The maximum Gasteiger partial charge on any atom is 0.0443 e. The van der Waals surface area contributed by atoms with Gasteiger partial charge in [-0.15, -0.1) is 0 Å². The Morgan fingerprint density at radius 3 is 2.30 bits per heavy atom. The van der Waals surface area contributed by atoms with Gasteiger partial charge in [-0.25, -0.2) is 0 Å². The summed E-state index contributed by atoms with van der Waals surface area (Å²) in [5, 5.41) is 11.8. The molecule has 0 spiro atoms. The molecule has 0 aliphatic rings. The van der Waals surface area contributed by atoms with Gasteiger partial charge in [0.25, 0.3) is 0 Å². The van der Waals surface area contributed by atoms with Crippen LogP contribution in [0.5, 0.6) is 0 Å². The number of nitrogens with one attached hydrogen (secondary N) is 1. The van der Waals surface area contributed by atoms with E-state index in [0.717, 1.165) is 13.0 Å². The minimum absolute atomic E-state index is 0.289. The molecule has 0 aliphatic carbocycles. The van der Waals surface area contributed by atoms with Gasteiger partial charge in [0.2, 0.25) is 0 Å². The summed E-state index contributed by atoms with van der Waals surface area (Å²) >= 11 is 0. The second-order valence-corrected chi connectivity index (χ2v) is 3.06. The molecule has 0 aromatic rings. The van der Waals surface area contributed by atoms with Crippen molar-refractivity contribution >= 4 is 0 Å². The maximum absolute atomic E-state index is 8.48. The molecule has 0 saturated carbocycles. The molecule has 0 amide bonds. The lowest BCUT2D eigenvalue weighted by Crippen LogP contribution is -2.31. The van der Waals surface area contributed by atoms with E-state index in [4.69, 9.17) is 5.11 Å². The van der Waals surface area contributed by atoms with Crippen LogP contribution in [0.25, 0.3) is 0 Å². The molecular formula is C8H19NO. The van der Waals surface area contributed by atoms with Crippen molar-refractivity contribution in [2.45, 2.75) is 33.2 Å². The van der Waals surface area contributed by atoms with Crippen molar-refractivity contribution in [2.24, 2.45) is 5.92 Å². The van der Waals surface area contributed by atoms with Crippen LogP contribution in [0.1, 0.15) is 27.2 Å². The van der Waals surface area contributed by atoms with E-state index in [9.17, 15) is 0 Å². The van der Waals surface area contributed by atoms with Gasteiger partial charge in [-0.2, -0.15) is 0 Å². The zero-order valence-electron chi connectivity index (χ0n) is 7.22. The minimum atomic E-state index is 0.289. The molecule has 2 heteroatoms. The van der Waals surface area contributed by atoms with E-state index in [-0.39, 0.29) is 6.61 Å². The highest BCUT2D eigenvalue weighted by Gasteiger charge is 2.03. The molecule has 0 aromatic carbocycles. The first-order valence-corrected chi connectivity index (χ1v) is 4.02. The second-order valence-electron chi connectivity index (χ2n) is 3.06. The lowest BCUT2D eigenvalue weighted by molar-refractivity contribution is 0.280. The smallest absolute Gasteiger partial charge is 0.0443 e. The summed E-state index contributed by atoms with van der Waals surface area (Å²) in [5.41, 5.74) is 0. The summed E-state index contributed by atoms with van der Waals surface area (Å²) in [6.45, 7) is 7.77. The normalized spacial score (nSPS) is 14.1. The van der Waals surface area contributed by atoms with Crippen LogP contribution in [0.2, 0.25) is 0 Å². The zero-order valence-corrected chi connectivity index (χ0v) is 7.22. The average molecular weight is 145 g/mol. The Morgan fingerprint density at radius 1 is 1.30 bits per heavy atom. The number of aliphatic hydroxyl groups excluding tert-OH is 1. The molecule has 1 unspecified atom stereocenters. The first-order valence-electron chi connectivity index (χ1n) is 4.02. The van der Waals surface area contributed by atoms with Crippen LogP contribution in [-0.4, -0.2) is 24.3 Å². The Hall–Kier alpha value is -0.0800. The minimum Gasteiger partial charge on any atom is -0.396 e. The van der Waals surface area contributed by atoms with Crippen LogP contribution >= 0.6 is 0 Å². The van der Waals surface area contributed by atoms with Gasteiger partial charge in [-0.1, -0.05) is 13.8 Å². The van der Waals surface area contributed by atoms with E-state index in [1.807, 2.05) is 0 Å². The monoisotopic (exact) mass is 145 g/mol. The second kappa shape index (κ2) is 5.69. The van der Waals surface area contributed by atoms with Crippen molar-refractivity contribution < 1.29 is 5.11 Å². The Balaban J connectivity index is 3.13. The molecule has 10 heavy (non-hydrogen) atoms. The standard InChI is InChI=1S/C8H19NO/c1-7(2)8(3)9-5-4-6-10/h7-10H,4-6H2,1-3H3. The number of aliphatic hydroxyl groups is 1. The van der Waals surface area contributed by atoms with Gasteiger partial charge in [0.15, 0.2) is 0 Å². The van der Waals surface area contributed by atoms with Gasteiger partial charge in [0.05, 0.1) is 0 Å². The molecule has 0 radical (unpaired) electrons. The summed E-state index contributed by atoms with van der Waals surface area (Å²) in [5.74, 6) is 0.679. The van der Waals surface area contributed by atoms with Crippen LogP contribution in [0.3, 0.4) is 0 Å². The first-order chi connectivity index (χ1) is 4.68. The predicted octanol–water partition coefficient (Wildman–Crippen LogP) is 1.00. The van der Waals surface area contributed by atoms with E-state index in [0.29, 0.717) is 12.0 Å². The fourth-order valence-corrected chi connectivity index (χ4v) is 0.644. The highest BCUT2D eigenvalue weighted by atomic mass is 16.3. The van der Waals surface area contributed by atoms with Gasteiger partial charge < -0.3 is 10.4 Å². The van der Waals surface area contributed by atoms with Crippen molar-refractivity contribution in [3.8, 4) is 0 Å². The molecule has 0 fully saturated rings. The van der Waals surface area contributed by atoms with Crippen molar-refractivity contribution in [1.82, 2.24) is 5.32 Å². The molecule has 2 nitrogen and oxygen atoms in total. The summed E-state index contributed by atoms with van der Waals surface area (Å²) in [4.78, 5) is 0. The third kappa shape index (κ3) is 4.77. The largest absolute Gasteiger partial charge is 0.396 e. The van der Waals surface area contributed by atoms with Crippen LogP contribution in [-0.2, 0) is 0 Å². The van der Waals surface area contributed by atoms with Crippen molar-refractivity contribution in [3.05, 3.63) is 0 Å². The SMILES string of the molecule is CC(C)C(C)NCCCO. The number of hydrogen-bond acceptors (Lipinski definition) is 2. The van der Waals surface area contributed by atoms with Gasteiger partial charge in [-0.3, -0.25) is 0 Å². The quantitative estimate of drug-likeness (QED) is 0.566. The zero-order chi connectivity index (χ0) is 7.98. The summed E-state index contributed by atoms with van der Waals surface area (Å²) < 4.78 is 0. The molecule has 0 rings (SSSR count).